The lowest BCUT2D eigenvalue weighted by atomic mass is 10.1. The maximum Gasteiger partial charge on any atom is 0.387 e. The number of nitro benzene ring substituents is 1. The molecule has 0 radical (unpaired) electrons. The lowest BCUT2D eigenvalue weighted by Crippen LogP contribution is -2.14. The molecule has 104 valence electrons. The Morgan fingerprint density at radius 1 is 1.42 bits per heavy atom. The predicted octanol–water partition coefficient (Wildman–Crippen LogP) is 1.45. The van der Waals surface area contributed by atoms with E-state index >= 15 is 0 Å². The number of nitro groups is 1. The maximum atomic E-state index is 13.2. The number of aliphatic hydroxyl groups is 1. The molecule has 0 aliphatic rings. The van der Waals surface area contributed by atoms with Crippen LogP contribution in [0.5, 0.6) is 5.75 Å². The van der Waals surface area contributed by atoms with Gasteiger partial charge in [-0.15, -0.1) is 0 Å². The normalized spacial score (nSPS) is 12.3. The molecule has 10 heteroatoms. The summed E-state index contributed by atoms with van der Waals surface area (Å²) >= 11 is 0. The van der Waals surface area contributed by atoms with Gasteiger partial charge in [0.15, 0.2) is 17.7 Å². The third kappa shape index (κ3) is 3.31. The fourth-order valence-corrected chi connectivity index (χ4v) is 1.26. The number of halogens is 3. The number of benzene rings is 1. The van der Waals surface area contributed by atoms with Crippen molar-refractivity contribution in [3.63, 3.8) is 0 Å². The van der Waals surface area contributed by atoms with Crippen molar-refractivity contribution in [2.45, 2.75) is 12.7 Å². The van der Waals surface area contributed by atoms with Crippen LogP contribution in [-0.2, 0) is 4.79 Å². The fraction of sp³-hybridized carbons (Fsp3) is 0.222. The van der Waals surface area contributed by atoms with Gasteiger partial charge in [0, 0.05) is 0 Å². The predicted molar refractivity (Wildman–Crippen MR) is 52.3 cm³/mol. The Morgan fingerprint density at radius 3 is 2.42 bits per heavy atom. The first-order chi connectivity index (χ1) is 8.73. The van der Waals surface area contributed by atoms with Gasteiger partial charge >= 0.3 is 12.6 Å². The van der Waals surface area contributed by atoms with Crippen molar-refractivity contribution >= 4 is 11.7 Å². The van der Waals surface area contributed by atoms with E-state index in [1.165, 1.54) is 0 Å². The van der Waals surface area contributed by atoms with Crippen LogP contribution in [-0.4, -0.2) is 27.7 Å². The number of alkyl halides is 2. The molecular weight excluding hydrogens is 275 g/mol. The minimum Gasteiger partial charge on any atom is -0.479 e. The molecule has 0 spiro atoms. The standard InChI is InChI=1S/C9H6F3NO6/c10-4-2-5(13(17)18)3(7(14)8(15)16)1-6(4)19-9(11)12/h1-2,7,9,14H,(H,15,16). The molecule has 1 unspecified atom stereocenters. The molecule has 1 aromatic rings. The monoisotopic (exact) mass is 281 g/mol. The van der Waals surface area contributed by atoms with Gasteiger partial charge in [0.25, 0.3) is 5.69 Å². The van der Waals surface area contributed by atoms with Crippen LogP contribution < -0.4 is 4.74 Å². The Hall–Kier alpha value is -2.36. The number of nitrogens with zero attached hydrogens (tertiary/aromatic N) is 1. The number of carbonyl (C=O) groups is 1. The third-order valence-electron chi connectivity index (χ3n) is 2.02. The van der Waals surface area contributed by atoms with Crippen molar-refractivity contribution in [2.24, 2.45) is 0 Å². The zero-order chi connectivity index (χ0) is 14.7. The minimum absolute atomic E-state index is 0.194. The topological polar surface area (TPSA) is 110 Å². The third-order valence-corrected chi connectivity index (χ3v) is 2.02. The van der Waals surface area contributed by atoms with Crippen LogP contribution in [0.4, 0.5) is 18.9 Å². The Balaban J connectivity index is 3.39. The van der Waals surface area contributed by atoms with Gasteiger partial charge in [-0.25, -0.2) is 9.18 Å². The molecule has 0 aliphatic carbocycles. The average molecular weight is 281 g/mol. The Morgan fingerprint density at radius 2 is 2.00 bits per heavy atom. The highest BCUT2D eigenvalue weighted by molar-refractivity contribution is 5.76. The number of carboxylic acids is 1. The van der Waals surface area contributed by atoms with Crippen LogP contribution in [0.15, 0.2) is 12.1 Å². The number of hydrogen-bond donors (Lipinski definition) is 2. The van der Waals surface area contributed by atoms with Gasteiger partial charge in [0.1, 0.15) is 0 Å². The molecule has 0 saturated carbocycles. The number of aliphatic carboxylic acids is 1. The largest absolute Gasteiger partial charge is 0.479 e. The number of ether oxygens (including phenoxy) is 1. The summed E-state index contributed by atoms with van der Waals surface area (Å²) in [6.45, 7) is -3.41. The van der Waals surface area contributed by atoms with Gasteiger partial charge in [0.2, 0.25) is 0 Å². The minimum atomic E-state index is -3.41. The van der Waals surface area contributed by atoms with E-state index in [9.17, 15) is 33.2 Å². The second-order valence-electron chi connectivity index (χ2n) is 3.22. The number of rotatable bonds is 5. The highest BCUT2D eigenvalue weighted by atomic mass is 19.3. The first-order valence-electron chi connectivity index (χ1n) is 4.57. The second-order valence-corrected chi connectivity index (χ2v) is 3.22. The van der Waals surface area contributed by atoms with Crippen LogP contribution in [0.3, 0.4) is 0 Å². The van der Waals surface area contributed by atoms with Crippen LogP contribution in [0, 0.1) is 15.9 Å². The summed E-state index contributed by atoms with van der Waals surface area (Å²) < 4.78 is 40.8. The first kappa shape index (κ1) is 14.7. The zero-order valence-corrected chi connectivity index (χ0v) is 8.92. The van der Waals surface area contributed by atoms with Gasteiger partial charge in [-0.3, -0.25) is 10.1 Å². The quantitative estimate of drug-likeness (QED) is 0.624. The van der Waals surface area contributed by atoms with E-state index in [1.807, 2.05) is 0 Å². The molecule has 7 nitrogen and oxygen atoms in total. The SMILES string of the molecule is O=C(O)C(O)c1cc(OC(F)F)c(F)cc1[N+](=O)[O-]. The molecule has 0 fully saturated rings. The number of hydrogen-bond acceptors (Lipinski definition) is 5. The van der Waals surface area contributed by atoms with Gasteiger partial charge in [0.05, 0.1) is 16.6 Å². The molecule has 2 N–H and O–H groups in total. The maximum absolute atomic E-state index is 13.2. The van der Waals surface area contributed by atoms with Crippen molar-refractivity contribution in [1.82, 2.24) is 0 Å². The Labute approximate surface area is 103 Å². The first-order valence-corrected chi connectivity index (χ1v) is 4.57. The molecule has 1 aromatic carbocycles. The van der Waals surface area contributed by atoms with E-state index in [0.717, 1.165) is 0 Å². The molecule has 0 heterocycles. The fourth-order valence-electron chi connectivity index (χ4n) is 1.26. The molecular formula is C9H6F3NO6. The van der Waals surface area contributed by atoms with E-state index in [-0.39, 0.29) is 6.07 Å². The van der Waals surface area contributed by atoms with Crippen molar-refractivity contribution in [3.05, 3.63) is 33.6 Å². The van der Waals surface area contributed by atoms with Crippen molar-refractivity contribution in [2.75, 3.05) is 0 Å². The molecule has 0 aliphatic heterocycles. The molecule has 1 rings (SSSR count). The van der Waals surface area contributed by atoms with Gasteiger partial charge < -0.3 is 14.9 Å². The lowest BCUT2D eigenvalue weighted by molar-refractivity contribution is -0.386. The average Bonchev–Trinajstić information content (AvgIpc) is 2.29. The van der Waals surface area contributed by atoms with Crippen molar-refractivity contribution in [1.29, 1.82) is 0 Å². The molecule has 0 bridgehead atoms. The molecule has 19 heavy (non-hydrogen) atoms. The van der Waals surface area contributed by atoms with Crippen LogP contribution in [0.2, 0.25) is 0 Å². The van der Waals surface area contributed by atoms with E-state index in [4.69, 9.17) is 5.11 Å². The highest BCUT2D eigenvalue weighted by Crippen LogP contribution is 2.32. The summed E-state index contributed by atoms with van der Waals surface area (Å²) in [7, 11) is 0. The molecule has 0 saturated heterocycles. The van der Waals surface area contributed by atoms with Crippen LogP contribution in [0.1, 0.15) is 11.7 Å². The highest BCUT2D eigenvalue weighted by Gasteiger charge is 2.29. The zero-order valence-electron chi connectivity index (χ0n) is 8.92. The van der Waals surface area contributed by atoms with Crippen LogP contribution >= 0.6 is 0 Å². The Kier molecular flexibility index (Phi) is 4.27. The lowest BCUT2D eigenvalue weighted by Gasteiger charge is -2.10. The molecule has 0 amide bonds. The van der Waals surface area contributed by atoms with E-state index in [1.54, 1.807) is 0 Å². The van der Waals surface area contributed by atoms with Gasteiger partial charge in [-0.1, -0.05) is 0 Å². The van der Waals surface area contributed by atoms with Crippen LogP contribution in [0.25, 0.3) is 0 Å². The Bertz CT molecular complexity index is 521. The van der Waals surface area contributed by atoms with Crippen molar-refractivity contribution in [3.8, 4) is 5.75 Å². The smallest absolute Gasteiger partial charge is 0.387 e. The summed E-state index contributed by atoms with van der Waals surface area (Å²) in [5.74, 6) is -4.44. The summed E-state index contributed by atoms with van der Waals surface area (Å²) in [6, 6.07) is 0.539. The summed E-state index contributed by atoms with van der Waals surface area (Å²) in [5, 5.41) is 28.3. The number of aliphatic hydroxyl groups excluding tert-OH is 1. The second kappa shape index (κ2) is 5.52. The summed E-state index contributed by atoms with van der Waals surface area (Å²) in [5.41, 5.74) is -1.93. The van der Waals surface area contributed by atoms with E-state index in [0.29, 0.717) is 6.07 Å². The van der Waals surface area contributed by atoms with E-state index in [2.05, 4.69) is 4.74 Å². The number of carboxylic acid groups (broad SMARTS) is 1. The van der Waals surface area contributed by atoms with Gasteiger partial charge in [-0.2, -0.15) is 8.78 Å². The molecule has 1 atom stereocenters. The van der Waals surface area contributed by atoms with Crippen molar-refractivity contribution < 1.29 is 37.8 Å². The van der Waals surface area contributed by atoms with E-state index < -0.39 is 46.4 Å². The summed E-state index contributed by atoms with van der Waals surface area (Å²) in [4.78, 5) is 20.0. The van der Waals surface area contributed by atoms with Gasteiger partial charge in [-0.05, 0) is 6.07 Å². The summed E-state index contributed by atoms with van der Waals surface area (Å²) in [6.07, 6.45) is -2.37. The molecule has 0 aromatic heterocycles.